The topological polar surface area (TPSA) is 24.9 Å². The van der Waals surface area contributed by atoms with Crippen LogP contribution < -0.4 is 5.32 Å². The number of thiazole rings is 1. The molecule has 0 amide bonds. The first kappa shape index (κ1) is 12.6. The molecule has 0 bridgehead atoms. The second-order valence-corrected chi connectivity index (χ2v) is 5.23. The highest BCUT2D eigenvalue weighted by Gasteiger charge is 2.15. The number of nitrogens with zero attached hydrogens (tertiary/aromatic N) is 1. The van der Waals surface area contributed by atoms with Gasteiger partial charge < -0.3 is 5.32 Å². The summed E-state index contributed by atoms with van der Waals surface area (Å²) in [7, 11) is 1.97. The molecule has 4 heteroatoms. The summed E-state index contributed by atoms with van der Waals surface area (Å²) in [5, 5.41) is 4.16. The third-order valence-corrected chi connectivity index (χ3v) is 4.24. The summed E-state index contributed by atoms with van der Waals surface area (Å²) in [5.41, 5.74) is 4.16. The van der Waals surface area contributed by atoms with E-state index in [0.29, 0.717) is 0 Å². The van der Waals surface area contributed by atoms with Crippen LogP contribution in [0.25, 0.3) is 0 Å². The SMILES string of the molecule is CNC(Cc1ccccc1Cl)c1scnc1C. The van der Waals surface area contributed by atoms with Crippen LogP contribution in [0.2, 0.25) is 5.02 Å². The van der Waals surface area contributed by atoms with Crippen LogP contribution in [0.1, 0.15) is 22.2 Å². The van der Waals surface area contributed by atoms with Crippen LogP contribution in [0.15, 0.2) is 29.8 Å². The zero-order valence-corrected chi connectivity index (χ0v) is 11.5. The van der Waals surface area contributed by atoms with Gasteiger partial charge in [-0.25, -0.2) is 4.98 Å². The fraction of sp³-hybridized carbons (Fsp3) is 0.308. The van der Waals surface area contributed by atoms with E-state index in [1.807, 2.05) is 37.7 Å². The van der Waals surface area contributed by atoms with Crippen molar-refractivity contribution in [3.63, 3.8) is 0 Å². The summed E-state index contributed by atoms with van der Waals surface area (Å²) in [6, 6.07) is 8.26. The lowest BCUT2D eigenvalue weighted by Gasteiger charge is -2.16. The molecule has 17 heavy (non-hydrogen) atoms. The molecule has 0 aliphatic heterocycles. The second kappa shape index (κ2) is 5.63. The Morgan fingerprint density at radius 3 is 2.76 bits per heavy atom. The van der Waals surface area contributed by atoms with Gasteiger partial charge >= 0.3 is 0 Å². The van der Waals surface area contributed by atoms with Crippen molar-refractivity contribution in [2.75, 3.05) is 7.05 Å². The van der Waals surface area contributed by atoms with Crippen molar-refractivity contribution in [2.24, 2.45) is 0 Å². The van der Waals surface area contributed by atoms with Gasteiger partial charge in [-0.1, -0.05) is 29.8 Å². The maximum atomic E-state index is 6.19. The molecule has 1 unspecified atom stereocenters. The maximum Gasteiger partial charge on any atom is 0.0798 e. The molecule has 2 nitrogen and oxygen atoms in total. The van der Waals surface area contributed by atoms with Crippen molar-refractivity contribution in [3.05, 3.63) is 50.9 Å². The molecule has 1 aromatic carbocycles. The molecule has 1 N–H and O–H groups in total. The standard InChI is InChI=1S/C13H15ClN2S/c1-9-13(17-8-16-9)12(15-2)7-10-5-3-4-6-11(10)14/h3-6,8,12,15H,7H2,1-2H3. The van der Waals surface area contributed by atoms with Gasteiger partial charge in [0.15, 0.2) is 0 Å². The summed E-state index contributed by atoms with van der Waals surface area (Å²) in [4.78, 5) is 5.58. The smallest absolute Gasteiger partial charge is 0.0798 e. The predicted molar refractivity (Wildman–Crippen MR) is 73.8 cm³/mol. The van der Waals surface area contributed by atoms with Gasteiger partial charge in [-0.2, -0.15) is 0 Å². The Labute approximate surface area is 111 Å². The normalized spacial score (nSPS) is 12.6. The van der Waals surface area contributed by atoms with Crippen LogP contribution in [0.3, 0.4) is 0 Å². The number of halogens is 1. The lowest BCUT2D eigenvalue weighted by Crippen LogP contribution is -2.18. The fourth-order valence-corrected chi connectivity index (χ4v) is 2.98. The predicted octanol–water partition coefficient (Wildman–Crippen LogP) is 3.61. The van der Waals surface area contributed by atoms with Crippen molar-refractivity contribution in [1.82, 2.24) is 10.3 Å². The Morgan fingerprint density at radius 1 is 1.41 bits per heavy atom. The summed E-state index contributed by atoms with van der Waals surface area (Å²) >= 11 is 7.88. The quantitative estimate of drug-likeness (QED) is 0.915. The summed E-state index contributed by atoms with van der Waals surface area (Å²) < 4.78 is 0. The number of nitrogens with one attached hydrogen (secondary N) is 1. The molecule has 90 valence electrons. The van der Waals surface area contributed by atoms with Gasteiger partial charge in [0.05, 0.1) is 11.2 Å². The fourth-order valence-electron chi connectivity index (χ4n) is 1.86. The lowest BCUT2D eigenvalue weighted by molar-refractivity contribution is 0.598. The van der Waals surface area contributed by atoms with Crippen molar-refractivity contribution in [3.8, 4) is 0 Å². The first-order valence-electron chi connectivity index (χ1n) is 5.53. The maximum absolute atomic E-state index is 6.19. The van der Waals surface area contributed by atoms with Gasteiger partial charge in [-0.15, -0.1) is 11.3 Å². The Kier molecular flexibility index (Phi) is 4.15. The molecule has 1 heterocycles. The number of aryl methyl sites for hydroxylation is 1. The summed E-state index contributed by atoms with van der Waals surface area (Å²) in [5.74, 6) is 0. The van der Waals surface area contributed by atoms with Gasteiger partial charge in [0.1, 0.15) is 0 Å². The molecule has 0 spiro atoms. The Balaban J connectivity index is 2.22. The van der Waals surface area contributed by atoms with E-state index in [-0.39, 0.29) is 6.04 Å². The van der Waals surface area contributed by atoms with Crippen molar-refractivity contribution >= 4 is 22.9 Å². The van der Waals surface area contributed by atoms with Crippen LogP contribution in [0.4, 0.5) is 0 Å². The number of hydrogen-bond acceptors (Lipinski definition) is 3. The molecule has 1 atom stereocenters. The van der Waals surface area contributed by atoms with E-state index in [1.165, 1.54) is 10.4 Å². The van der Waals surface area contributed by atoms with Gasteiger partial charge in [-0.05, 0) is 32.0 Å². The minimum Gasteiger partial charge on any atom is -0.312 e. The molecule has 2 rings (SSSR count). The largest absolute Gasteiger partial charge is 0.312 e. The molecule has 0 saturated carbocycles. The number of aromatic nitrogens is 1. The van der Waals surface area contributed by atoms with Crippen LogP contribution >= 0.6 is 22.9 Å². The van der Waals surface area contributed by atoms with Crippen molar-refractivity contribution < 1.29 is 0 Å². The highest BCUT2D eigenvalue weighted by Crippen LogP contribution is 2.27. The Hall–Kier alpha value is -0.900. The lowest BCUT2D eigenvalue weighted by atomic mass is 10.0. The van der Waals surface area contributed by atoms with Crippen molar-refractivity contribution in [2.45, 2.75) is 19.4 Å². The molecule has 1 aromatic heterocycles. The Bertz CT molecular complexity index is 496. The van der Waals surface area contributed by atoms with E-state index < -0.39 is 0 Å². The van der Waals surface area contributed by atoms with Crippen molar-refractivity contribution in [1.29, 1.82) is 0 Å². The molecule has 0 fully saturated rings. The van der Waals surface area contributed by atoms with Gasteiger partial charge in [-0.3, -0.25) is 0 Å². The van der Waals surface area contributed by atoms with Gasteiger partial charge in [0.25, 0.3) is 0 Å². The van der Waals surface area contributed by atoms with Crippen LogP contribution in [0, 0.1) is 6.92 Å². The number of benzene rings is 1. The number of rotatable bonds is 4. The van der Waals surface area contributed by atoms with E-state index in [2.05, 4.69) is 16.4 Å². The molecule has 0 radical (unpaired) electrons. The Morgan fingerprint density at radius 2 is 2.18 bits per heavy atom. The number of hydrogen-bond donors (Lipinski definition) is 1. The van der Waals surface area contributed by atoms with Crippen LogP contribution in [-0.4, -0.2) is 12.0 Å². The molecule has 0 aliphatic rings. The average molecular weight is 267 g/mol. The molecule has 0 aliphatic carbocycles. The molecular formula is C13H15ClN2S. The van der Waals surface area contributed by atoms with Gasteiger partial charge in [0, 0.05) is 15.9 Å². The third-order valence-electron chi connectivity index (χ3n) is 2.83. The minimum absolute atomic E-state index is 0.280. The van der Waals surface area contributed by atoms with E-state index in [9.17, 15) is 0 Å². The minimum atomic E-state index is 0.280. The zero-order chi connectivity index (χ0) is 12.3. The summed E-state index contributed by atoms with van der Waals surface area (Å²) in [6.07, 6.45) is 0.888. The van der Waals surface area contributed by atoms with E-state index in [0.717, 1.165) is 17.1 Å². The average Bonchev–Trinajstić information content (AvgIpc) is 2.75. The van der Waals surface area contributed by atoms with Gasteiger partial charge in [0.2, 0.25) is 0 Å². The molecule has 0 saturated heterocycles. The molecular weight excluding hydrogens is 252 g/mol. The third kappa shape index (κ3) is 2.86. The van der Waals surface area contributed by atoms with E-state index >= 15 is 0 Å². The summed E-state index contributed by atoms with van der Waals surface area (Å²) in [6.45, 7) is 2.04. The number of likely N-dealkylation sites (N-methyl/N-ethyl adjacent to an activating group) is 1. The van der Waals surface area contributed by atoms with E-state index in [1.54, 1.807) is 11.3 Å². The zero-order valence-electron chi connectivity index (χ0n) is 9.90. The van der Waals surface area contributed by atoms with Crippen LogP contribution in [0.5, 0.6) is 0 Å². The highest BCUT2D eigenvalue weighted by molar-refractivity contribution is 7.09. The first-order valence-corrected chi connectivity index (χ1v) is 6.78. The highest BCUT2D eigenvalue weighted by atomic mass is 35.5. The van der Waals surface area contributed by atoms with E-state index in [4.69, 9.17) is 11.6 Å². The first-order chi connectivity index (χ1) is 8.22. The van der Waals surface area contributed by atoms with Crippen LogP contribution in [-0.2, 0) is 6.42 Å². The second-order valence-electron chi connectivity index (χ2n) is 3.94. The monoisotopic (exact) mass is 266 g/mol. The molecule has 2 aromatic rings.